The predicted molar refractivity (Wildman–Crippen MR) is 82.4 cm³/mol. The normalized spacial score (nSPS) is 16.6. The lowest BCUT2D eigenvalue weighted by atomic mass is 9.81. The molecule has 1 aromatic rings. The van der Waals surface area contributed by atoms with Crippen LogP contribution in [0.25, 0.3) is 0 Å². The Labute approximate surface area is 127 Å². The Kier molecular flexibility index (Phi) is 4.80. The molecule has 1 aromatic heterocycles. The van der Waals surface area contributed by atoms with E-state index in [0.717, 1.165) is 0 Å². The molecule has 6 heteroatoms. The molecule has 0 spiro atoms. The summed E-state index contributed by atoms with van der Waals surface area (Å²) < 4.78 is 32.6. The number of hydrogen-bond donors (Lipinski definition) is 2. The molecule has 120 valence electrons. The van der Waals surface area contributed by atoms with Crippen LogP contribution in [0.15, 0.2) is 21.6 Å². The molecular formula is C15H26N2O3S. The van der Waals surface area contributed by atoms with Crippen LogP contribution in [-0.2, 0) is 16.6 Å². The van der Waals surface area contributed by atoms with Crippen LogP contribution in [0, 0.1) is 11.3 Å². The van der Waals surface area contributed by atoms with Gasteiger partial charge in [-0.1, -0.05) is 27.7 Å². The Morgan fingerprint density at radius 2 is 2.00 bits per heavy atom. The molecule has 0 atom stereocenters. The molecule has 1 fully saturated rings. The van der Waals surface area contributed by atoms with E-state index in [1.165, 1.54) is 18.9 Å². The van der Waals surface area contributed by atoms with E-state index in [1.54, 1.807) is 6.07 Å². The first-order chi connectivity index (χ1) is 9.71. The summed E-state index contributed by atoms with van der Waals surface area (Å²) in [6, 6.07) is 3.81. The Hall–Kier alpha value is -0.850. The summed E-state index contributed by atoms with van der Waals surface area (Å²) in [5.41, 5.74) is -0.101. The average Bonchev–Trinajstić information content (AvgIpc) is 3.10. The SMILES string of the molecule is CC(C)C(C)(C)CNS(=O)(=O)c1ccc(CNC2CC2)o1. The fraction of sp³-hybridized carbons (Fsp3) is 0.733. The van der Waals surface area contributed by atoms with E-state index in [-0.39, 0.29) is 10.5 Å². The van der Waals surface area contributed by atoms with Gasteiger partial charge >= 0.3 is 0 Å². The van der Waals surface area contributed by atoms with E-state index in [4.69, 9.17) is 4.42 Å². The fourth-order valence-electron chi connectivity index (χ4n) is 1.69. The molecule has 0 unspecified atom stereocenters. The zero-order valence-corrected chi connectivity index (χ0v) is 14.1. The first kappa shape index (κ1) is 16.5. The molecule has 21 heavy (non-hydrogen) atoms. The van der Waals surface area contributed by atoms with Crippen LogP contribution in [0.1, 0.15) is 46.3 Å². The zero-order chi connectivity index (χ0) is 15.7. The first-order valence-corrected chi connectivity index (χ1v) is 9.01. The second kappa shape index (κ2) is 6.10. The molecule has 0 saturated heterocycles. The van der Waals surface area contributed by atoms with Gasteiger partial charge in [-0.2, -0.15) is 0 Å². The molecule has 0 amide bonds. The summed E-state index contributed by atoms with van der Waals surface area (Å²) in [4.78, 5) is 0. The van der Waals surface area contributed by atoms with Gasteiger partial charge in [0.2, 0.25) is 5.09 Å². The third-order valence-corrected chi connectivity index (χ3v) is 5.60. The number of furan rings is 1. The molecule has 0 aliphatic heterocycles. The van der Waals surface area contributed by atoms with Gasteiger partial charge in [0.1, 0.15) is 5.76 Å². The minimum atomic E-state index is -3.57. The Morgan fingerprint density at radius 3 is 2.57 bits per heavy atom. The molecule has 1 heterocycles. The van der Waals surface area contributed by atoms with Crippen LogP contribution in [0.4, 0.5) is 0 Å². The predicted octanol–water partition coefficient (Wildman–Crippen LogP) is 2.49. The van der Waals surface area contributed by atoms with E-state index in [2.05, 4.69) is 23.9 Å². The van der Waals surface area contributed by atoms with Crippen molar-refractivity contribution >= 4 is 10.0 Å². The van der Waals surface area contributed by atoms with Gasteiger partial charge < -0.3 is 9.73 Å². The maximum absolute atomic E-state index is 12.2. The summed E-state index contributed by atoms with van der Waals surface area (Å²) >= 11 is 0. The average molecular weight is 314 g/mol. The molecule has 0 aromatic carbocycles. The van der Waals surface area contributed by atoms with Crippen molar-refractivity contribution in [2.45, 2.75) is 58.2 Å². The molecule has 0 radical (unpaired) electrons. The summed E-state index contributed by atoms with van der Waals surface area (Å²) in [6.07, 6.45) is 2.38. The van der Waals surface area contributed by atoms with Gasteiger partial charge in [0, 0.05) is 12.6 Å². The first-order valence-electron chi connectivity index (χ1n) is 7.52. The molecule has 2 N–H and O–H groups in total. The Morgan fingerprint density at radius 1 is 1.33 bits per heavy atom. The number of rotatable bonds is 8. The number of hydrogen-bond acceptors (Lipinski definition) is 4. The van der Waals surface area contributed by atoms with Gasteiger partial charge in [0.15, 0.2) is 0 Å². The zero-order valence-electron chi connectivity index (χ0n) is 13.3. The summed E-state index contributed by atoms with van der Waals surface area (Å²) in [6.45, 7) is 9.24. The van der Waals surface area contributed by atoms with E-state index < -0.39 is 10.0 Å². The van der Waals surface area contributed by atoms with Gasteiger partial charge in [0.05, 0.1) is 6.54 Å². The fourth-order valence-corrected chi connectivity index (χ4v) is 2.85. The van der Waals surface area contributed by atoms with E-state index in [1.807, 2.05) is 13.8 Å². The summed E-state index contributed by atoms with van der Waals surface area (Å²) in [7, 11) is -3.57. The van der Waals surface area contributed by atoms with Crippen LogP contribution >= 0.6 is 0 Å². The standard InChI is InChI=1S/C15H26N2O3S/c1-11(2)15(3,4)10-17-21(18,19)14-8-7-13(20-14)9-16-12-5-6-12/h7-8,11-12,16-17H,5-6,9-10H2,1-4H3. The van der Waals surface area contributed by atoms with Crippen LogP contribution in [0.2, 0.25) is 0 Å². The Bertz CT molecular complexity index is 571. The van der Waals surface area contributed by atoms with Crippen molar-refractivity contribution in [1.82, 2.24) is 10.0 Å². The lowest BCUT2D eigenvalue weighted by Crippen LogP contribution is -2.36. The van der Waals surface area contributed by atoms with Gasteiger partial charge in [-0.15, -0.1) is 0 Å². The highest BCUT2D eigenvalue weighted by Gasteiger charge is 2.27. The maximum atomic E-state index is 12.2. The molecule has 2 rings (SSSR count). The highest BCUT2D eigenvalue weighted by molar-refractivity contribution is 7.89. The second-order valence-electron chi connectivity index (χ2n) is 6.84. The minimum absolute atomic E-state index is 0.00495. The van der Waals surface area contributed by atoms with Gasteiger partial charge in [-0.25, -0.2) is 13.1 Å². The molecule has 1 aliphatic carbocycles. The molecule has 1 saturated carbocycles. The maximum Gasteiger partial charge on any atom is 0.273 e. The van der Waals surface area contributed by atoms with Crippen LogP contribution < -0.4 is 10.0 Å². The number of nitrogens with one attached hydrogen (secondary N) is 2. The second-order valence-corrected chi connectivity index (χ2v) is 8.54. The monoisotopic (exact) mass is 314 g/mol. The molecule has 0 bridgehead atoms. The highest BCUT2D eigenvalue weighted by atomic mass is 32.2. The molecule has 5 nitrogen and oxygen atoms in total. The molecular weight excluding hydrogens is 288 g/mol. The Balaban J connectivity index is 1.95. The highest BCUT2D eigenvalue weighted by Crippen LogP contribution is 2.26. The van der Waals surface area contributed by atoms with Crippen LogP contribution in [-0.4, -0.2) is 21.0 Å². The third kappa shape index (κ3) is 4.56. The minimum Gasteiger partial charge on any atom is -0.447 e. The van der Waals surface area contributed by atoms with Crippen molar-refractivity contribution in [3.63, 3.8) is 0 Å². The van der Waals surface area contributed by atoms with Crippen molar-refractivity contribution in [2.75, 3.05) is 6.54 Å². The smallest absolute Gasteiger partial charge is 0.273 e. The van der Waals surface area contributed by atoms with Crippen LogP contribution in [0.5, 0.6) is 0 Å². The summed E-state index contributed by atoms with van der Waals surface area (Å²) in [5.74, 6) is 1.04. The van der Waals surface area contributed by atoms with E-state index in [9.17, 15) is 8.42 Å². The van der Waals surface area contributed by atoms with Crippen LogP contribution in [0.3, 0.4) is 0 Å². The summed E-state index contributed by atoms with van der Waals surface area (Å²) in [5, 5.41) is 3.29. The third-order valence-electron chi connectivity index (χ3n) is 4.32. The van der Waals surface area contributed by atoms with Gasteiger partial charge in [-0.05, 0) is 36.3 Å². The topological polar surface area (TPSA) is 71.3 Å². The lowest BCUT2D eigenvalue weighted by molar-refractivity contribution is 0.251. The van der Waals surface area contributed by atoms with E-state index >= 15 is 0 Å². The lowest BCUT2D eigenvalue weighted by Gasteiger charge is -2.28. The van der Waals surface area contributed by atoms with Crippen molar-refractivity contribution in [3.05, 3.63) is 17.9 Å². The van der Waals surface area contributed by atoms with Crippen molar-refractivity contribution in [2.24, 2.45) is 11.3 Å². The van der Waals surface area contributed by atoms with Gasteiger partial charge in [-0.3, -0.25) is 0 Å². The van der Waals surface area contributed by atoms with Crippen molar-refractivity contribution in [1.29, 1.82) is 0 Å². The largest absolute Gasteiger partial charge is 0.447 e. The van der Waals surface area contributed by atoms with Crippen molar-refractivity contribution in [3.8, 4) is 0 Å². The quantitative estimate of drug-likeness (QED) is 0.773. The van der Waals surface area contributed by atoms with E-state index in [0.29, 0.717) is 30.8 Å². The van der Waals surface area contributed by atoms with Gasteiger partial charge in [0.25, 0.3) is 10.0 Å². The molecule has 1 aliphatic rings. The van der Waals surface area contributed by atoms with Crippen molar-refractivity contribution < 1.29 is 12.8 Å². The number of sulfonamides is 1.